The number of hydrogen-bond acceptors (Lipinski definition) is 5. The first kappa shape index (κ1) is 17.9. The SMILES string of the molecule is C#CCOC(=O)C(C)Oc1ccc(-c2c(Cl)ccnc2Cl)cc1O. The molecule has 5 nitrogen and oxygen atoms in total. The number of esters is 1. The molecule has 1 unspecified atom stereocenters. The maximum atomic E-state index is 11.6. The Morgan fingerprint density at radius 3 is 2.79 bits per heavy atom. The van der Waals surface area contributed by atoms with Crippen molar-refractivity contribution in [1.82, 2.24) is 4.98 Å². The summed E-state index contributed by atoms with van der Waals surface area (Å²) < 4.78 is 10.1. The molecule has 2 rings (SSSR count). The second-order valence-electron chi connectivity index (χ2n) is 4.71. The molecule has 1 aromatic carbocycles. The van der Waals surface area contributed by atoms with Crippen LogP contribution in [0.4, 0.5) is 0 Å². The second-order valence-corrected chi connectivity index (χ2v) is 5.48. The van der Waals surface area contributed by atoms with E-state index in [1.165, 1.54) is 25.3 Å². The van der Waals surface area contributed by atoms with E-state index in [4.69, 9.17) is 39.1 Å². The minimum atomic E-state index is -0.930. The summed E-state index contributed by atoms with van der Waals surface area (Å²) in [6.07, 6.45) is 5.57. The monoisotopic (exact) mass is 365 g/mol. The number of halogens is 2. The van der Waals surface area contributed by atoms with Crippen LogP contribution in [-0.4, -0.2) is 28.8 Å². The third-order valence-electron chi connectivity index (χ3n) is 3.03. The van der Waals surface area contributed by atoms with Gasteiger partial charge in [0.2, 0.25) is 0 Å². The van der Waals surface area contributed by atoms with Crippen LogP contribution >= 0.6 is 23.2 Å². The lowest BCUT2D eigenvalue weighted by molar-refractivity contribution is -0.149. The number of benzene rings is 1. The van der Waals surface area contributed by atoms with Crippen molar-refractivity contribution in [2.24, 2.45) is 0 Å². The normalized spacial score (nSPS) is 11.4. The number of carbonyl (C=O) groups is 1. The Balaban J connectivity index is 2.22. The van der Waals surface area contributed by atoms with Crippen molar-refractivity contribution in [3.63, 3.8) is 0 Å². The molecule has 1 N–H and O–H groups in total. The van der Waals surface area contributed by atoms with E-state index >= 15 is 0 Å². The van der Waals surface area contributed by atoms with Crippen molar-refractivity contribution < 1.29 is 19.4 Å². The van der Waals surface area contributed by atoms with Gasteiger partial charge in [0.05, 0.1) is 5.02 Å². The van der Waals surface area contributed by atoms with E-state index in [0.717, 1.165) is 0 Å². The molecule has 0 radical (unpaired) electrons. The van der Waals surface area contributed by atoms with Gasteiger partial charge in [-0.25, -0.2) is 9.78 Å². The molecule has 0 aliphatic carbocycles. The van der Waals surface area contributed by atoms with Gasteiger partial charge in [-0.2, -0.15) is 0 Å². The summed E-state index contributed by atoms with van der Waals surface area (Å²) in [5, 5.41) is 10.7. The fourth-order valence-electron chi connectivity index (χ4n) is 1.91. The molecule has 7 heteroatoms. The highest BCUT2D eigenvalue weighted by molar-refractivity contribution is 6.38. The average Bonchev–Trinajstić information content (AvgIpc) is 2.54. The molecule has 0 spiro atoms. The summed E-state index contributed by atoms with van der Waals surface area (Å²) in [7, 11) is 0. The lowest BCUT2D eigenvalue weighted by Crippen LogP contribution is -2.26. The van der Waals surface area contributed by atoms with Gasteiger partial charge in [0.15, 0.2) is 24.2 Å². The van der Waals surface area contributed by atoms with Gasteiger partial charge in [-0.3, -0.25) is 0 Å². The molecule has 1 atom stereocenters. The Morgan fingerprint density at radius 1 is 1.42 bits per heavy atom. The molecule has 0 saturated heterocycles. The van der Waals surface area contributed by atoms with Crippen molar-refractivity contribution >= 4 is 29.2 Å². The third kappa shape index (κ3) is 4.10. The molecule has 0 aliphatic rings. The van der Waals surface area contributed by atoms with Crippen molar-refractivity contribution in [2.75, 3.05) is 6.61 Å². The van der Waals surface area contributed by atoms with Gasteiger partial charge in [-0.15, -0.1) is 6.42 Å². The molecule has 0 amide bonds. The summed E-state index contributed by atoms with van der Waals surface area (Å²) in [5.41, 5.74) is 1.05. The van der Waals surface area contributed by atoms with Crippen LogP contribution in [0.1, 0.15) is 6.92 Å². The van der Waals surface area contributed by atoms with E-state index in [9.17, 15) is 9.90 Å². The van der Waals surface area contributed by atoms with Crippen LogP contribution in [0.5, 0.6) is 11.5 Å². The number of nitrogens with zero attached hydrogens (tertiary/aromatic N) is 1. The van der Waals surface area contributed by atoms with E-state index in [0.29, 0.717) is 16.1 Å². The highest BCUT2D eigenvalue weighted by Crippen LogP contribution is 2.37. The zero-order valence-corrected chi connectivity index (χ0v) is 14.1. The number of phenolic OH excluding ortho intramolecular Hbond substituents is 1. The summed E-state index contributed by atoms with van der Waals surface area (Å²) in [4.78, 5) is 15.6. The molecule has 124 valence electrons. The Labute approximate surface area is 149 Å². The molecule has 0 saturated carbocycles. The standard InChI is InChI=1S/C17H13Cl2NO4/c1-3-8-23-17(22)10(2)24-14-5-4-11(9-13(14)21)15-12(18)6-7-20-16(15)19/h1,4-7,9-10,21H,8H2,2H3. The van der Waals surface area contributed by atoms with E-state index in [2.05, 4.69) is 10.9 Å². The molecule has 1 aromatic heterocycles. The number of terminal acetylenes is 1. The minimum absolute atomic E-state index is 0.111. The van der Waals surface area contributed by atoms with Gasteiger partial charge in [-0.05, 0) is 30.7 Å². The maximum absolute atomic E-state index is 11.6. The number of ether oxygens (including phenoxy) is 2. The minimum Gasteiger partial charge on any atom is -0.504 e. The van der Waals surface area contributed by atoms with Gasteiger partial charge in [-0.1, -0.05) is 35.2 Å². The van der Waals surface area contributed by atoms with Crippen molar-refractivity contribution in [2.45, 2.75) is 13.0 Å². The first-order valence-electron chi connectivity index (χ1n) is 6.84. The van der Waals surface area contributed by atoms with Crippen LogP contribution in [0.3, 0.4) is 0 Å². The van der Waals surface area contributed by atoms with Crippen LogP contribution in [-0.2, 0) is 9.53 Å². The van der Waals surface area contributed by atoms with E-state index in [-0.39, 0.29) is 23.3 Å². The largest absolute Gasteiger partial charge is 0.504 e. The number of aromatic hydroxyl groups is 1. The van der Waals surface area contributed by atoms with Crippen LogP contribution in [0.15, 0.2) is 30.5 Å². The summed E-state index contributed by atoms with van der Waals surface area (Å²) in [5.74, 6) is 1.49. The Bertz CT molecular complexity index is 781. The first-order valence-corrected chi connectivity index (χ1v) is 7.59. The van der Waals surface area contributed by atoms with E-state index < -0.39 is 12.1 Å². The molecule has 0 fully saturated rings. The highest BCUT2D eigenvalue weighted by atomic mass is 35.5. The molecule has 24 heavy (non-hydrogen) atoms. The Kier molecular flexibility index (Phi) is 5.91. The fraction of sp³-hybridized carbons (Fsp3) is 0.176. The van der Waals surface area contributed by atoms with Gasteiger partial charge < -0.3 is 14.6 Å². The lowest BCUT2D eigenvalue weighted by atomic mass is 10.1. The predicted molar refractivity (Wildman–Crippen MR) is 91.2 cm³/mol. The van der Waals surface area contributed by atoms with Crippen molar-refractivity contribution in [1.29, 1.82) is 0 Å². The molecular formula is C17H13Cl2NO4. The molecular weight excluding hydrogens is 353 g/mol. The molecule has 2 aromatic rings. The summed E-state index contributed by atoms with van der Waals surface area (Å²) >= 11 is 12.2. The van der Waals surface area contributed by atoms with Crippen LogP contribution in [0, 0.1) is 12.3 Å². The number of carbonyl (C=O) groups excluding carboxylic acids is 1. The summed E-state index contributed by atoms with van der Waals surface area (Å²) in [6, 6.07) is 6.15. The number of pyridine rings is 1. The number of aromatic nitrogens is 1. The third-order valence-corrected chi connectivity index (χ3v) is 3.64. The first-order chi connectivity index (χ1) is 11.4. The van der Waals surface area contributed by atoms with Gasteiger partial charge in [0.1, 0.15) is 5.15 Å². The quantitative estimate of drug-likeness (QED) is 0.496. The van der Waals surface area contributed by atoms with Gasteiger partial charge in [0.25, 0.3) is 0 Å². The average molecular weight is 366 g/mol. The van der Waals surface area contributed by atoms with Crippen molar-refractivity contribution in [3.8, 4) is 35.0 Å². The molecule has 0 bridgehead atoms. The van der Waals surface area contributed by atoms with Gasteiger partial charge in [0, 0.05) is 11.8 Å². The lowest BCUT2D eigenvalue weighted by Gasteiger charge is -2.15. The molecule has 0 aliphatic heterocycles. The zero-order chi connectivity index (χ0) is 17.7. The predicted octanol–water partition coefficient (Wildman–Crippen LogP) is 3.70. The number of phenols is 1. The van der Waals surface area contributed by atoms with Crippen LogP contribution in [0.2, 0.25) is 10.2 Å². The number of rotatable bonds is 5. The Hall–Kier alpha value is -2.42. The molecule has 1 heterocycles. The smallest absolute Gasteiger partial charge is 0.347 e. The summed E-state index contributed by atoms with van der Waals surface area (Å²) in [6.45, 7) is 1.34. The Morgan fingerprint density at radius 2 is 2.17 bits per heavy atom. The topological polar surface area (TPSA) is 68.7 Å². The fourth-order valence-corrected chi connectivity index (χ4v) is 2.48. The van der Waals surface area contributed by atoms with Crippen molar-refractivity contribution in [3.05, 3.63) is 40.6 Å². The second kappa shape index (κ2) is 7.91. The highest BCUT2D eigenvalue weighted by Gasteiger charge is 2.19. The number of hydrogen-bond donors (Lipinski definition) is 1. The van der Waals surface area contributed by atoms with Crippen LogP contribution < -0.4 is 4.74 Å². The maximum Gasteiger partial charge on any atom is 0.347 e. The van der Waals surface area contributed by atoms with Crippen LogP contribution in [0.25, 0.3) is 11.1 Å². The van der Waals surface area contributed by atoms with Gasteiger partial charge >= 0.3 is 5.97 Å². The zero-order valence-electron chi connectivity index (χ0n) is 12.6. The van der Waals surface area contributed by atoms with E-state index in [1.54, 1.807) is 12.1 Å². The van der Waals surface area contributed by atoms with E-state index in [1.807, 2.05) is 0 Å².